The smallest absolute Gasteiger partial charge is 0.405 e. The molecule has 44 heavy (non-hydrogen) atoms. The molecule has 2 bridgehead atoms. The van der Waals surface area contributed by atoms with Crippen LogP contribution in [-0.2, 0) is 26.7 Å². The molecule has 1 saturated heterocycles. The van der Waals surface area contributed by atoms with Crippen molar-refractivity contribution in [2.75, 3.05) is 0 Å². The Kier molecular flexibility index (Phi) is 9.29. The van der Waals surface area contributed by atoms with E-state index in [1.54, 1.807) is 6.07 Å². The van der Waals surface area contributed by atoms with Crippen molar-refractivity contribution in [1.82, 2.24) is 5.32 Å². The summed E-state index contributed by atoms with van der Waals surface area (Å²) in [6, 6.07) is 8.03. The molecule has 0 aromatic heterocycles. The number of benzene rings is 2. The molecule has 1 heterocycles. The standard InChI is InChI=1S/C33H39BCl2F3NO4/c1-18(2)12-22(34-43-29-15-21-14-28(31(21,3)4)32(29,5)44-34)16-27(41)26(13-19-6-8-20(9-7-19)33(37,38)39)40-30(42)24-17-23(35)10-11-25(24)36/h6-11,17-18,21-22,26,28-29H,12-16H2,1-5H3,(H,40,42)/t21-,22+,26-,28-,29+,32-/m0/s1. The second-order valence-corrected chi connectivity index (χ2v) is 14.8. The van der Waals surface area contributed by atoms with Crippen LogP contribution in [0.15, 0.2) is 42.5 Å². The summed E-state index contributed by atoms with van der Waals surface area (Å²) in [5.74, 6) is 0.0600. The van der Waals surface area contributed by atoms with E-state index in [4.69, 9.17) is 32.5 Å². The van der Waals surface area contributed by atoms with Crippen molar-refractivity contribution >= 4 is 42.0 Å². The highest BCUT2D eigenvalue weighted by Gasteiger charge is 2.68. The zero-order chi connectivity index (χ0) is 32.2. The van der Waals surface area contributed by atoms with Crippen LogP contribution in [0.5, 0.6) is 0 Å². The lowest BCUT2D eigenvalue weighted by Crippen LogP contribution is -2.65. The molecule has 0 radical (unpaired) electrons. The molecule has 1 amide bonds. The molecule has 11 heteroatoms. The zero-order valence-electron chi connectivity index (χ0n) is 25.6. The molecular formula is C33H39BCl2F3NO4. The topological polar surface area (TPSA) is 64.6 Å². The molecule has 238 valence electrons. The first kappa shape index (κ1) is 33.3. The van der Waals surface area contributed by atoms with E-state index < -0.39 is 36.4 Å². The fraction of sp³-hybridized carbons (Fsp3) is 0.576. The van der Waals surface area contributed by atoms with Crippen LogP contribution >= 0.6 is 23.2 Å². The fourth-order valence-electron chi connectivity index (χ4n) is 7.62. The van der Waals surface area contributed by atoms with Gasteiger partial charge < -0.3 is 14.6 Å². The average molecular weight is 652 g/mol. The summed E-state index contributed by atoms with van der Waals surface area (Å²) in [6.45, 7) is 10.9. The monoisotopic (exact) mass is 651 g/mol. The largest absolute Gasteiger partial charge is 0.461 e. The van der Waals surface area contributed by atoms with Crippen molar-refractivity contribution in [2.24, 2.45) is 23.2 Å². The van der Waals surface area contributed by atoms with E-state index >= 15 is 0 Å². The lowest BCUT2D eigenvalue weighted by molar-refractivity contribution is -0.199. The van der Waals surface area contributed by atoms with Crippen molar-refractivity contribution in [1.29, 1.82) is 0 Å². The minimum absolute atomic E-state index is 0.0000411. The maximum absolute atomic E-state index is 14.0. The van der Waals surface area contributed by atoms with Gasteiger partial charge >= 0.3 is 13.3 Å². The zero-order valence-corrected chi connectivity index (χ0v) is 27.2. The van der Waals surface area contributed by atoms with Crippen LogP contribution in [0.25, 0.3) is 0 Å². The first-order chi connectivity index (χ1) is 20.5. The van der Waals surface area contributed by atoms with Crippen molar-refractivity contribution in [3.63, 3.8) is 0 Å². The molecule has 0 spiro atoms. The van der Waals surface area contributed by atoms with Crippen LogP contribution in [0.4, 0.5) is 13.2 Å². The predicted molar refractivity (Wildman–Crippen MR) is 166 cm³/mol. The second kappa shape index (κ2) is 12.3. The van der Waals surface area contributed by atoms with Crippen LogP contribution in [0.2, 0.25) is 15.9 Å². The Balaban J connectivity index is 1.38. The van der Waals surface area contributed by atoms with Gasteiger partial charge in [0.05, 0.1) is 33.9 Å². The van der Waals surface area contributed by atoms with Gasteiger partial charge in [0.1, 0.15) is 0 Å². The predicted octanol–water partition coefficient (Wildman–Crippen LogP) is 8.46. The summed E-state index contributed by atoms with van der Waals surface area (Å²) in [7, 11) is -0.573. The van der Waals surface area contributed by atoms with E-state index in [1.807, 2.05) is 0 Å². The molecule has 0 unspecified atom stereocenters. The van der Waals surface area contributed by atoms with Gasteiger partial charge in [-0.2, -0.15) is 13.2 Å². The van der Waals surface area contributed by atoms with E-state index in [9.17, 15) is 22.8 Å². The molecule has 6 atom stereocenters. The lowest BCUT2D eigenvalue weighted by Gasteiger charge is -2.64. The first-order valence-corrected chi connectivity index (χ1v) is 16.0. The van der Waals surface area contributed by atoms with Gasteiger partial charge in [0.2, 0.25) is 0 Å². The van der Waals surface area contributed by atoms with Crippen LogP contribution in [0.3, 0.4) is 0 Å². The van der Waals surface area contributed by atoms with Gasteiger partial charge in [-0.1, -0.05) is 63.0 Å². The number of amides is 1. The van der Waals surface area contributed by atoms with Gasteiger partial charge in [0, 0.05) is 17.3 Å². The van der Waals surface area contributed by atoms with E-state index in [2.05, 4.69) is 39.9 Å². The molecule has 3 saturated carbocycles. The Hall–Kier alpha value is -2.07. The summed E-state index contributed by atoms with van der Waals surface area (Å²) < 4.78 is 52.8. The van der Waals surface area contributed by atoms with E-state index in [1.165, 1.54) is 24.3 Å². The Morgan fingerprint density at radius 2 is 1.75 bits per heavy atom. The van der Waals surface area contributed by atoms with Crippen LogP contribution in [-0.4, -0.2) is 36.6 Å². The molecule has 2 aromatic rings. The maximum atomic E-state index is 14.0. The van der Waals surface area contributed by atoms with Gasteiger partial charge in [-0.25, -0.2) is 0 Å². The molecule has 1 N–H and O–H groups in total. The number of carbonyl (C=O) groups excluding carboxylic acids is 2. The van der Waals surface area contributed by atoms with Gasteiger partial charge in [-0.3, -0.25) is 9.59 Å². The second-order valence-electron chi connectivity index (χ2n) is 13.9. The molecular weight excluding hydrogens is 613 g/mol. The molecule has 4 fully saturated rings. The Bertz CT molecular complexity index is 1400. The molecule has 5 nitrogen and oxygen atoms in total. The summed E-state index contributed by atoms with van der Waals surface area (Å²) in [4.78, 5) is 27.4. The van der Waals surface area contributed by atoms with Crippen LogP contribution in [0.1, 0.15) is 81.8 Å². The van der Waals surface area contributed by atoms with Gasteiger partial charge in [-0.05, 0) is 91.7 Å². The molecule has 6 rings (SSSR count). The Morgan fingerprint density at radius 3 is 2.36 bits per heavy atom. The SMILES string of the molecule is CC(C)C[C@H](CC(=O)[C@H](Cc1ccc(C(F)(F)F)cc1)NC(=O)c1cc(Cl)ccc1Cl)B1O[C@@H]2C[C@@H]3C[C@@H](C3(C)C)[C@]2(C)O1. The van der Waals surface area contributed by atoms with Gasteiger partial charge in [-0.15, -0.1) is 0 Å². The minimum Gasteiger partial charge on any atom is -0.405 e. The summed E-state index contributed by atoms with van der Waals surface area (Å²) in [5, 5.41) is 3.25. The summed E-state index contributed by atoms with van der Waals surface area (Å²) in [6.07, 6.45) is -1.76. The first-order valence-electron chi connectivity index (χ1n) is 15.3. The van der Waals surface area contributed by atoms with Crippen molar-refractivity contribution in [3.8, 4) is 0 Å². The van der Waals surface area contributed by atoms with Crippen molar-refractivity contribution in [2.45, 2.75) is 96.5 Å². The maximum Gasteiger partial charge on any atom is 0.461 e. The number of alkyl halides is 3. The average Bonchev–Trinajstić information content (AvgIpc) is 3.30. The van der Waals surface area contributed by atoms with E-state index in [-0.39, 0.29) is 52.5 Å². The third-order valence-corrected chi connectivity index (χ3v) is 10.7. The van der Waals surface area contributed by atoms with Gasteiger partial charge in [0.15, 0.2) is 5.78 Å². The van der Waals surface area contributed by atoms with E-state index in [0.29, 0.717) is 28.8 Å². The summed E-state index contributed by atoms with van der Waals surface area (Å²) >= 11 is 12.4. The van der Waals surface area contributed by atoms with Crippen LogP contribution < -0.4 is 5.32 Å². The minimum atomic E-state index is -4.49. The number of carbonyl (C=O) groups is 2. The highest BCUT2D eigenvalue weighted by molar-refractivity contribution is 6.48. The van der Waals surface area contributed by atoms with Crippen molar-refractivity contribution < 1.29 is 32.1 Å². The van der Waals surface area contributed by atoms with Gasteiger partial charge in [0.25, 0.3) is 5.91 Å². The molecule has 2 aromatic carbocycles. The van der Waals surface area contributed by atoms with E-state index in [0.717, 1.165) is 25.0 Å². The number of hydrogen-bond donors (Lipinski definition) is 1. The quantitative estimate of drug-likeness (QED) is 0.262. The highest BCUT2D eigenvalue weighted by atomic mass is 35.5. The number of nitrogens with one attached hydrogen (secondary N) is 1. The number of hydrogen-bond acceptors (Lipinski definition) is 4. The summed E-state index contributed by atoms with van der Waals surface area (Å²) in [5.41, 5.74) is -0.473. The Labute approximate surface area is 267 Å². The van der Waals surface area contributed by atoms with Crippen molar-refractivity contribution in [3.05, 3.63) is 69.2 Å². The fourth-order valence-corrected chi connectivity index (χ4v) is 7.99. The normalized spacial score (nSPS) is 27.0. The third kappa shape index (κ3) is 6.58. The molecule has 4 aliphatic rings. The third-order valence-electron chi connectivity index (χ3n) is 10.2. The van der Waals surface area contributed by atoms with Crippen LogP contribution in [0, 0.1) is 23.2 Å². The molecule has 3 aliphatic carbocycles. The number of rotatable bonds is 10. The molecule has 1 aliphatic heterocycles. The lowest BCUT2D eigenvalue weighted by atomic mass is 9.43. The number of Topliss-reactive ketones (excluding diaryl/α,β-unsaturated/α-hetero) is 1. The highest BCUT2D eigenvalue weighted by Crippen LogP contribution is 2.66. The number of ketones is 1. The Morgan fingerprint density at radius 1 is 1.07 bits per heavy atom. The number of halogens is 5.